The lowest BCUT2D eigenvalue weighted by Gasteiger charge is -2.36. The van der Waals surface area contributed by atoms with Gasteiger partial charge in [-0.1, -0.05) is 0 Å². The molecule has 2 heterocycles. The molecule has 6 heteroatoms. The summed E-state index contributed by atoms with van der Waals surface area (Å²) in [6, 6.07) is 11.8. The predicted octanol–water partition coefficient (Wildman–Crippen LogP) is 2.93. The second kappa shape index (κ2) is 6.81. The number of carbonyl (C=O) groups excluding carboxylic acids is 1. The van der Waals surface area contributed by atoms with Gasteiger partial charge in [0.2, 0.25) is 5.91 Å². The van der Waals surface area contributed by atoms with Crippen LogP contribution in [0.1, 0.15) is 15.2 Å². The molecule has 1 amide bonds. The molecule has 1 aliphatic rings. The highest BCUT2D eigenvalue weighted by Gasteiger charge is 2.18. The van der Waals surface area contributed by atoms with E-state index in [-0.39, 0.29) is 5.91 Å². The SMILES string of the molecule is NC(=O)c1ccc(N2CCN(Cc3ccc(Br)s3)CC2)cc1. The van der Waals surface area contributed by atoms with E-state index in [0.29, 0.717) is 5.56 Å². The van der Waals surface area contributed by atoms with Crippen LogP contribution in [0.4, 0.5) is 5.69 Å². The molecule has 2 N–H and O–H groups in total. The fourth-order valence-corrected chi connectivity index (χ4v) is 4.18. The van der Waals surface area contributed by atoms with Crippen LogP contribution in [-0.4, -0.2) is 37.0 Å². The minimum Gasteiger partial charge on any atom is -0.369 e. The Morgan fingerprint density at radius 1 is 1.09 bits per heavy atom. The highest BCUT2D eigenvalue weighted by Crippen LogP contribution is 2.24. The molecule has 1 fully saturated rings. The number of thiophene rings is 1. The molecule has 1 aliphatic heterocycles. The summed E-state index contributed by atoms with van der Waals surface area (Å²) >= 11 is 5.31. The standard InChI is InChI=1S/C16H18BrN3OS/c17-15-6-5-14(22-15)11-19-7-9-20(10-8-19)13-3-1-12(2-4-13)16(18)21/h1-6H,7-11H2,(H2,18,21). The van der Waals surface area contributed by atoms with Crippen LogP contribution in [-0.2, 0) is 6.54 Å². The van der Waals surface area contributed by atoms with Crippen LogP contribution in [0.5, 0.6) is 0 Å². The van der Waals surface area contributed by atoms with Gasteiger partial charge in [0, 0.05) is 48.9 Å². The molecule has 1 aromatic heterocycles. The van der Waals surface area contributed by atoms with Crippen LogP contribution < -0.4 is 10.6 Å². The van der Waals surface area contributed by atoms with E-state index in [0.717, 1.165) is 38.4 Å². The molecule has 0 saturated carbocycles. The third-order valence-electron chi connectivity index (χ3n) is 3.90. The van der Waals surface area contributed by atoms with Gasteiger partial charge in [0.05, 0.1) is 3.79 Å². The fourth-order valence-electron chi connectivity index (χ4n) is 2.66. The van der Waals surface area contributed by atoms with Gasteiger partial charge in [0.15, 0.2) is 0 Å². The maximum Gasteiger partial charge on any atom is 0.248 e. The first-order valence-corrected chi connectivity index (χ1v) is 8.84. The van der Waals surface area contributed by atoms with Crippen molar-refractivity contribution in [3.05, 3.63) is 50.6 Å². The molecule has 0 bridgehead atoms. The Bertz CT molecular complexity index is 648. The third-order valence-corrected chi connectivity index (χ3v) is 5.51. The fraction of sp³-hybridized carbons (Fsp3) is 0.312. The van der Waals surface area contributed by atoms with E-state index < -0.39 is 0 Å². The zero-order chi connectivity index (χ0) is 15.5. The molecule has 1 aromatic carbocycles. The summed E-state index contributed by atoms with van der Waals surface area (Å²) in [6.45, 7) is 5.12. The average molecular weight is 380 g/mol. The first-order chi connectivity index (χ1) is 10.6. The topological polar surface area (TPSA) is 49.6 Å². The van der Waals surface area contributed by atoms with Crippen molar-refractivity contribution < 1.29 is 4.79 Å². The molecule has 0 spiro atoms. The monoisotopic (exact) mass is 379 g/mol. The van der Waals surface area contributed by atoms with Gasteiger partial charge >= 0.3 is 0 Å². The number of hydrogen-bond donors (Lipinski definition) is 1. The van der Waals surface area contributed by atoms with E-state index in [2.05, 4.69) is 37.9 Å². The number of nitrogens with two attached hydrogens (primary N) is 1. The zero-order valence-corrected chi connectivity index (χ0v) is 14.6. The van der Waals surface area contributed by atoms with Crippen LogP contribution >= 0.6 is 27.3 Å². The van der Waals surface area contributed by atoms with Crippen LogP contribution in [0.3, 0.4) is 0 Å². The van der Waals surface area contributed by atoms with E-state index in [9.17, 15) is 4.79 Å². The Morgan fingerprint density at radius 2 is 1.77 bits per heavy atom. The summed E-state index contributed by atoms with van der Waals surface area (Å²) in [5, 5.41) is 0. The number of primary amides is 1. The van der Waals surface area contributed by atoms with Crippen LogP contribution in [0.25, 0.3) is 0 Å². The number of amides is 1. The van der Waals surface area contributed by atoms with Crippen molar-refractivity contribution in [1.29, 1.82) is 0 Å². The first kappa shape index (κ1) is 15.5. The molecule has 0 aliphatic carbocycles. The van der Waals surface area contributed by atoms with E-state index in [1.807, 2.05) is 12.1 Å². The van der Waals surface area contributed by atoms with Crippen molar-refractivity contribution in [2.24, 2.45) is 5.73 Å². The van der Waals surface area contributed by atoms with Gasteiger partial charge in [0.1, 0.15) is 0 Å². The van der Waals surface area contributed by atoms with Crippen molar-refractivity contribution in [2.45, 2.75) is 6.54 Å². The van der Waals surface area contributed by atoms with Gasteiger partial charge in [-0.25, -0.2) is 0 Å². The number of anilines is 1. The molecule has 3 rings (SSSR count). The molecular formula is C16H18BrN3OS. The molecule has 0 radical (unpaired) electrons. The summed E-state index contributed by atoms with van der Waals surface area (Å²) in [4.78, 5) is 17.3. The normalized spacial score (nSPS) is 16.0. The molecule has 22 heavy (non-hydrogen) atoms. The number of piperazine rings is 1. The summed E-state index contributed by atoms with van der Waals surface area (Å²) in [5.41, 5.74) is 6.99. The van der Waals surface area contributed by atoms with Gasteiger partial charge in [-0.15, -0.1) is 11.3 Å². The zero-order valence-electron chi connectivity index (χ0n) is 12.2. The molecule has 0 atom stereocenters. The molecule has 116 valence electrons. The summed E-state index contributed by atoms with van der Waals surface area (Å²) in [5.74, 6) is -0.376. The Morgan fingerprint density at radius 3 is 2.32 bits per heavy atom. The maximum atomic E-state index is 11.1. The van der Waals surface area contributed by atoms with Crippen molar-refractivity contribution in [3.8, 4) is 0 Å². The minimum atomic E-state index is -0.376. The second-order valence-electron chi connectivity index (χ2n) is 5.38. The van der Waals surface area contributed by atoms with Crippen molar-refractivity contribution >= 4 is 38.9 Å². The highest BCUT2D eigenvalue weighted by molar-refractivity contribution is 9.11. The number of nitrogens with zero attached hydrogens (tertiary/aromatic N) is 2. The number of rotatable bonds is 4. The predicted molar refractivity (Wildman–Crippen MR) is 94.5 cm³/mol. The quantitative estimate of drug-likeness (QED) is 0.888. The lowest BCUT2D eigenvalue weighted by Crippen LogP contribution is -2.45. The second-order valence-corrected chi connectivity index (χ2v) is 7.93. The van der Waals surface area contributed by atoms with Gasteiger partial charge in [0.25, 0.3) is 0 Å². The lowest BCUT2D eigenvalue weighted by atomic mass is 10.1. The van der Waals surface area contributed by atoms with Crippen molar-refractivity contribution in [2.75, 3.05) is 31.1 Å². The van der Waals surface area contributed by atoms with Gasteiger partial charge in [-0.3, -0.25) is 9.69 Å². The van der Waals surface area contributed by atoms with E-state index in [1.165, 1.54) is 8.66 Å². The number of carbonyl (C=O) groups is 1. The summed E-state index contributed by atoms with van der Waals surface area (Å²) in [6.07, 6.45) is 0. The molecule has 4 nitrogen and oxygen atoms in total. The van der Waals surface area contributed by atoms with Gasteiger partial charge < -0.3 is 10.6 Å². The Labute approximate surface area is 142 Å². The largest absolute Gasteiger partial charge is 0.369 e. The first-order valence-electron chi connectivity index (χ1n) is 7.23. The van der Waals surface area contributed by atoms with Crippen LogP contribution in [0.15, 0.2) is 40.2 Å². The van der Waals surface area contributed by atoms with E-state index in [4.69, 9.17) is 5.73 Å². The van der Waals surface area contributed by atoms with Crippen LogP contribution in [0.2, 0.25) is 0 Å². The number of hydrogen-bond acceptors (Lipinski definition) is 4. The Balaban J connectivity index is 1.56. The van der Waals surface area contributed by atoms with Gasteiger partial charge in [-0.2, -0.15) is 0 Å². The van der Waals surface area contributed by atoms with E-state index in [1.54, 1.807) is 23.5 Å². The maximum absolute atomic E-state index is 11.1. The number of benzene rings is 1. The van der Waals surface area contributed by atoms with Crippen molar-refractivity contribution in [1.82, 2.24) is 4.90 Å². The van der Waals surface area contributed by atoms with Crippen molar-refractivity contribution in [3.63, 3.8) is 0 Å². The Hall–Kier alpha value is -1.37. The molecular weight excluding hydrogens is 362 g/mol. The van der Waals surface area contributed by atoms with E-state index >= 15 is 0 Å². The Kier molecular flexibility index (Phi) is 4.81. The summed E-state index contributed by atoms with van der Waals surface area (Å²) in [7, 11) is 0. The smallest absolute Gasteiger partial charge is 0.248 e. The highest BCUT2D eigenvalue weighted by atomic mass is 79.9. The number of halogens is 1. The molecule has 1 saturated heterocycles. The third kappa shape index (κ3) is 3.69. The lowest BCUT2D eigenvalue weighted by molar-refractivity contribution is 0.100. The van der Waals surface area contributed by atoms with Gasteiger partial charge in [-0.05, 0) is 52.3 Å². The average Bonchev–Trinajstić information content (AvgIpc) is 2.93. The minimum absolute atomic E-state index is 0.376. The molecule has 0 unspecified atom stereocenters. The molecule has 2 aromatic rings. The van der Waals surface area contributed by atoms with Crippen LogP contribution in [0, 0.1) is 0 Å². The summed E-state index contributed by atoms with van der Waals surface area (Å²) < 4.78 is 1.19.